The summed E-state index contributed by atoms with van der Waals surface area (Å²) in [6.07, 6.45) is 2.38. The van der Waals surface area contributed by atoms with E-state index in [1.54, 1.807) is 41.1 Å². The average molecular weight is 1320 g/mol. The highest BCUT2D eigenvalue weighted by atomic mass is 127. The Morgan fingerprint density at radius 2 is 1.22 bits per heavy atom. The second kappa shape index (κ2) is 24.1. The van der Waals surface area contributed by atoms with E-state index in [-0.39, 0.29) is 18.8 Å². The molecule has 2 aromatic rings. The Morgan fingerprint density at radius 3 is 1.54 bits per heavy atom. The van der Waals surface area contributed by atoms with Gasteiger partial charge < -0.3 is 30.3 Å². The molecule has 4 amide bonds. The van der Waals surface area contributed by atoms with Crippen molar-refractivity contribution < 1.29 is 37.4 Å². The number of nitrogens with zero attached hydrogens (tertiary/aromatic N) is 8. The Morgan fingerprint density at radius 1 is 0.815 bits per heavy atom. The van der Waals surface area contributed by atoms with E-state index < -0.39 is 23.8 Å². The number of rotatable bonds is 9. The van der Waals surface area contributed by atoms with Crippen LogP contribution in [0.1, 0.15) is 0 Å². The number of carbonyl (C=O) groups excluding carboxylic acids is 4. The minimum Gasteiger partial charge on any atom is -0.443 e. The van der Waals surface area contributed by atoms with Gasteiger partial charge >= 0.3 is 12.2 Å². The Bertz CT molecular complexity index is 1630. The fourth-order valence-electron chi connectivity index (χ4n) is 5.15. The summed E-state index contributed by atoms with van der Waals surface area (Å²) in [5, 5.41) is 13.2. The van der Waals surface area contributed by atoms with Crippen LogP contribution in [-0.4, -0.2) is 122 Å². The molecule has 2 fully saturated rings. The first-order chi connectivity index (χ1) is 25.9. The van der Waals surface area contributed by atoms with E-state index in [0.717, 1.165) is -0.0619 Å². The van der Waals surface area contributed by atoms with Gasteiger partial charge in [0.15, 0.2) is 0 Å². The lowest BCUT2D eigenvalue weighted by Crippen LogP contribution is -2.37. The molecule has 4 aliphatic rings. The van der Waals surface area contributed by atoms with Crippen LogP contribution in [0.15, 0.2) is 46.6 Å². The maximum absolute atomic E-state index is 14.5. The number of benzene rings is 2. The van der Waals surface area contributed by atoms with E-state index in [1.807, 2.05) is 0 Å². The minimum atomic E-state index is -0.534. The SMILES string of the molecule is CNC[C@H]1CN(c2ccc(N3C=NN(C=O)CC3)c(F)c2)C(=O)O1.IC(I)I.ICI.NC[C@H]1CN(c2ccc(N3C=NN(C=O)CC3)c(F)c2)C(=O)O1. The van der Waals surface area contributed by atoms with E-state index in [4.69, 9.17) is 15.2 Å². The molecule has 0 bridgehead atoms. The summed E-state index contributed by atoms with van der Waals surface area (Å²) in [4.78, 5) is 50.9. The fourth-order valence-corrected chi connectivity index (χ4v) is 5.15. The largest absolute Gasteiger partial charge is 0.443 e. The molecule has 4 heterocycles. The lowest BCUT2D eigenvalue weighted by Gasteiger charge is -2.27. The molecule has 3 N–H and O–H groups in total. The van der Waals surface area contributed by atoms with Gasteiger partial charge in [-0.05, 0) is 43.4 Å². The summed E-state index contributed by atoms with van der Waals surface area (Å²) in [6, 6.07) is 9.04. The summed E-state index contributed by atoms with van der Waals surface area (Å²) >= 11 is 11.5. The zero-order valence-corrected chi connectivity index (χ0v) is 39.4. The van der Waals surface area contributed by atoms with Gasteiger partial charge in [-0.1, -0.05) is 113 Å². The quantitative estimate of drug-likeness (QED) is 0.191. The number of halogens is 7. The van der Waals surface area contributed by atoms with Crippen molar-refractivity contribution in [3.8, 4) is 0 Å². The summed E-state index contributed by atoms with van der Waals surface area (Å²) < 4.78 is 41.0. The fraction of sp³-hybridized carbons (Fsp3) is 0.419. The number of anilines is 4. The number of amides is 4. The standard InChI is InChI=1S/C15H18FN5O3.C14H16FN5O3.CHI3.CH2I2/c1-17-7-12-8-21(15(23)24-12)11-2-3-14(13(16)6-11)19-4-5-20(10-22)18-9-19;15-12-5-10(20-7-11(6-16)23-14(20)22)1-2-13(12)18-3-4-19(9-21)17-8-18;2-1(3)4;2-1-3/h2-3,6,9-10,12,17H,4-5,7-8H2,1H3;1-2,5,8-9,11H,3-4,6-7,16H2;1H;1H2/t12-;11-;;/m00../s1. The Labute approximate surface area is 379 Å². The molecule has 2 atom stereocenters. The lowest BCUT2D eigenvalue weighted by atomic mass is 10.2. The first-order valence-corrected chi connectivity index (χ1v) is 22.7. The van der Waals surface area contributed by atoms with Crippen molar-refractivity contribution in [2.24, 2.45) is 15.9 Å². The smallest absolute Gasteiger partial charge is 0.414 e. The molecule has 296 valence electrons. The van der Waals surface area contributed by atoms with Crippen molar-refractivity contribution >= 4 is 173 Å². The molecular formula is C31H37F2I5N10O6. The van der Waals surface area contributed by atoms with Gasteiger partial charge in [0.2, 0.25) is 12.8 Å². The summed E-state index contributed by atoms with van der Waals surface area (Å²) in [5.41, 5.74) is 7.01. The molecule has 0 radical (unpaired) electrons. The van der Waals surface area contributed by atoms with Crippen LogP contribution < -0.4 is 30.7 Å². The van der Waals surface area contributed by atoms with Gasteiger partial charge in [-0.2, -0.15) is 10.2 Å². The number of hydrogen-bond donors (Lipinski definition) is 2. The van der Waals surface area contributed by atoms with E-state index in [9.17, 15) is 28.0 Å². The number of likely N-dealkylation sites (N-methyl/N-ethyl adjacent to an activating group) is 1. The Kier molecular flexibility index (Phi) is 20.9. The number of alkyl halides is 5. The third kappa shape index (κ3) is 14.0. The number of nitrogens with two attached hydrogens (primary N) is 1. The van der Waals surface area contributed by atoms with Crippen molar-refractivity contribution in [3.63, 3.8) is 0 Å². The number of hydrogen-bond acceptors (Lipinski definition) is 12. The minimum absolute atomic E-state index is 0.222. The van der Waals surface area contributed by atoms with Gasteiger partial charge in [0.05, 0.1) is 51.4 Å². The van der Waals surface area contributed by atoms with Gasteiger partial charge in [-0.15, -0.1) is 0 Å². The van der Waals surface area contributed by atoms with Crippen molar-refractivity contribution in [3.05, 3.63) is 48.0 Å². The zero-order valence-electron chi connectivity index (χ0n) is 28.6. The van der Waals surface area contributed by atoms with Gasteiger partial charge in [-0.25, -0.2) is 28.4 Å². The normalized spacial score (nSPS) is 19.0. The molecule has 4 aliphatic heterocycles. The topological polar surface area (TPSA) is 169 Å². The molecule has 0 saturated carbocycles. The molecule has 0 unspecified atom stereocenters. The molecule has 6 rings (SSSR count). The van der Waals surface area contributed by atoms with Crippen LogP contribution in [0.5, 0.6) is 0 Å². The molecule has 23 heteroatoms. The Balaban J connectivity index is 0.000000248. The van der Waals surface area contributed by atoms with Crippen LogP contribution in [0.25, 0.3) is 0 Å². The van der Waals surface area contributed by atoms with Crippen LogP contribution in [0.4, 0.5) is 41.1 Å². The van der Waals surface area contributed by atoms with Crippen molar-refractivity contribution in [1.29, 1.82) is 0 Å². The van der Waals surface area contributed by atoms with E-state index in [2.05, 4.69) is 128 Å². The summed E-state index contributed by atoms with van der Waals surface area (Å²) in [5.74, 6) is -0.958. The second-order valence-electron chi connectivity index (χ2n) is 11.0. The van der Waals surface area contributed by atoms with Gasteiger partial charge in [0.1, 0.15) is 36.5 Å². The first kappa shape index (κ1) is 46.7. The maximum atomic E-state index is 14.5. The van der Waals surface area contributed by atoms with E-state index >= 15 is 0 Å². The number of ether oxygens (including phenoxy) is 2. The first-order valence-electron chi connectivity index (χ1n) is 15.9. The Hall–Kier alpha value is -1.71. The summed E-state index contributed by atoms with van der Waals surface area (Å²) in [7, 11) is 1.77. The molecule has 2 aromatic carbocycles. The second-order valence-corrected chi connectivity index (χ2v) is 26.4. The zero-order chi connectivity index (χ0) is 39.8. The van der Waals surface area contributed by atoms with Gasteiger partial charge in [0, 0.05) is 26.2 Å². The van der Waals surface area contributed by atoms with Gasteiger partial charge in [0.25, 0.3) is 0 Å². The third-order valence-corrected chi connectivity index (χ3v) is 7.61. The number of nitrogens with one attached hydrogen (secondary N) is 1. The monoisotopic (exact) mass is 1320 g/mol. The molecule has 0 spiro atoms. The highest BCUT2D eigenvalue weighted by Crippen LogP contribution is 2.29. The average Bonchev–Trinajstić information content (AvgIpc) is 3.73. The van der Waals surface area contributed by atoms with Crippen molar-refractivity contribution in [2.45, 2.75) is 12.1 Å². The molecule has 0 aromatic heterocycles. The summed E-state index contributed by atoms with van der Waals surface area (Å²) in [6.45, 7) is 3.06. The molecular weight excluding hydrogens is 1280 g/mol. The van der Waals surface area contributed by atoms with Gasteiger partial charge in [-0.3, -0.25) is 19.4 Å². The van der Waals surface area contributed by atoms with Crippen LogP contribution in [0, 0.1) is 11.6 Å². The van der Waals surface area contributed by atoms with E-state index in [0.29, 0.717) is 81.4 Å². The maximum Gasteiger partial charge on any atom is 0.414 e. The van der Waals surface area contributed by atoms with Crippen LogP contribution in [0.2, 0.25) is 0 Å². The predicted molar refractivity (Wildman–Crippen MR) is 247 cm³/mol. The molecule has 0 aliphatic carbocycles. The van der Waals surface area contributed by atoms with Crippen LogP contribution >= 0.6 is 113 Å². The molecule has 16 nitrogen and oxygen atoms in total. The van der Waals surface area contributed by atoms with E-state index in [1.165, 1.54) is 47.1 Å². The lowest BCUT2D eigenvalue weighted by molar-refractivity contribution is -0.118. The third-order valence-electron chi connectivity index (χ3n) is 7.61. The van der Waals surface area contributed by atoms with Crippen molar-refractivity contribution in [1.82, 2.24) is 15.3 Å². The highest BCUT2D eigenvalue weighted by molar-refractivity contribution is 14.3. The molecule has 54 heavy (non-hydrogen) atoms. The molecule has 2 saturated heterocycles. The predicted octanol–water partition coefficient (Wildman–Crippen LogP) is 5.31. The van der Waals surface area contributed by atoms with Crippen molar-refractivity contribution in [2.75, 3.05) is 81.4 Å². The van der Waals surface area contributed by atoms with Crippen LogP contribution in [0.3, 0.4) is 0 Å². The highest BCUT2D eigenvalue weighted by Gasteiger charge is 2.33. The number of cyclic esters (lactones) is 2. The number of carbonyl (C=O) groups is 4. The van der Waals surface area contributed by atoms with Crippen LogP contribution in [-0.2, 0) is 19.1 Å². The number of hydrazone groups is 2.